The van der Waals surface area contributed by atoms with Crippen molar-refractivity contribution in [3.05, 3.63) is 76.4 Å². The Morgan fingerprint density at radius 2 is 1.90 bits per heavy atom. The number of thiazole rings is 1. The van der Waals surface area contributed by atoms with Crippen molar-refractivity contribution in [1.82, 2.24) is 9.97 Å². The maximum Gasteiger partial charge on any atom is 0.312 e. The van der Waals surface area contributed by atoms with E-state index in [2.05, 4.69) is 9.97 Å². The van der Waals surface area contributed by atoms with Crippen LogP contribution in [-0.2, 0) is 22.6 Å². The highest BCUT2D eigenvalue weighted by atomic mass is 35.5. The van der Waals surface area contributed by atoms with Crippen molar-refractivity contribution in [1.29, 1.82) is 0 Å². The molecule has 0 N–H and O–H groups in total. The van der Waals surface area contributed by atoms with Gasteiger partial charge >= 0.3 is 5.97 Å². The fourth-order valence-electron chi connectivity index (χ4n) is 3.03. The van der Waals surface area contributed by atoms with Crippen molar-refractivity contribution in [2.24, 2.45) is 0 Å². The fraction of sp³-hybridized carbons (Fsp3) is 0.174. The van der Waals surface area contributed by atoms with Crippen LogP contribution in [0.15, 0.2) is 60.0 Å². The number of para-hydroxylation sites is 2. The van der Waals surface area contributed by atoms with Gasteiger partial charge in [-0.15, -0.1) is 11.3 Å². The van der Waals surface area contributed by atoms with Crippen molar-refractivity contribution < 1.29 is 14.3 Å². The summed E-state index contributed by atoms with van der Waals surface area (Å²) < 4.78 is 11.1. The van der Waals surface area contributed by atoms with Crippen LogP contribution in [0, 0.1) is 0 Å². The summed E-state index contributed by atoms with van der Waals surface area (Å²) in [5.41, 5.74) is 3.06. The van der Waals surface area contributed by atoms with Gasteiger partial charge in [-0.2, -0.15) is 0 Å². The predicted molar refractivity (Wildman–Crippen MR) is 119 cm³/mol. The Morgan fingerprint density at radius 3 is 2.77 bits per heavy atom. The van der Waals surface area contributed by atoms with E-state index in [1.807, 2.05) is 66.9 Å². The molecule has 2 aromatic heterocycles. The van der Waals surface area contributed by atoms with Gasteiger partial charge in [0.1, 0.15) is 22.5 Å². The third-order valence-corrected chi connectivity index (χ3v) is 5.68. The van der Waals surface area contributed by atoms with Gasteiger partial charge in [-0.05, 0) is 31.2 Å². The Kier molecular flexibility index (Phi) is 6.26. The zero-order chi connectivity index (χ0) is 20.9. The predicted octanol–water partition coefficient (Wildman–Crippen LogP) is 5.70. The molecule has 0 aliphatic rings. The van der Waals surface area contributed by atoms with E-state index in [0.29, 0.717) is 23.0 Å². The molecule has 0 aliphatic heterocycles. The smallest absolute Gasteiger partial charge is 0.312 e. The summed E-state index contributed by atoms with van der Waals surface area (Å²) in [6.07, 6.45) is 0.0892. The number of hydrogen-bond acceptors (Lipinski definition) is 6. The molecule has 0 saturated heterocycles. The third kappa shape index (κ3) is 4.61. The van der Waals surface area contributed by atoms with Crippen LogP contribution in [0.25, 0.3) is 21.5 Å². The minimum absolute atomic E-state index is 0.0691. The molecule has 0 spiro atoms. The SMILES string of the molecule is CCOc1ccccc1-c1nc(CC(=O)OCc2cc3ccccc3nc2Cl)cs1. The second-order valence-corrected chi connectivity index (χ2v) is 7.76. The van der Waals surface area contributed by atoms with Crippen LogP contribution in [0.2, 0.25) is 5.15 Å². The summed E-state index contributed by atoms with van der Waals surface area (Å²) in [5.74, 6) is 0.413. The molecule has 0 unspecified atom stereocenters. The molecular weight excluding hydrogens is 420 g/mol. The zero-order valence-electron chi connectivity index (χ0n) is 16.3. The largest absolute Gasteiger partial charge is 0.493 e. The van der Waals surface area contributed by atoms with Gasteiger partial charge in [-0.3, -0.25) is 4.79 Å². The molecule has 2 heterocycles. The lowest BCUT2D eigenvalue weighted by atomic mass is 10.2. The molecule has 5 nitrogen and oxygen atoms in total. The normalized spacial score (nSPS) is 10.9. The number of carbonyl (C=O) groups is 1. The first kappa shape index (κ1) is 20.3. The average molecular weight is 439 g/mol. The lowest BCUT2D eigenvalue weighted by Gasteiger charge is -2.08. The summed E-state index contributed by atoms with van der Waals surface area (Å²) in [6.45, 7) is 2.59. The van der Waals surface area contributed by atoms with E-state index in [1.54, 1.807) is 0 Å². The molecule has 2 aromatic carbocycles. The second-order valence-electron chi connectivity index (χ2n) is 6.54. The van der Waals surface area contributed by atoms with Gasteiger partial charge in [0.25, 0.3) is 0 Å². The number of halogens is 1. The van der Waals surface area contributed by atoms with E-state index in [9.17, 15) is 4.79 Å². The lowest BCUT2D eigenvalue weighted by Crippen LogP contribution is -2.09. The average Bonchev–Trinajstić information content (AvgIpc) is 3.21. The van der Waals surface area contributed by atoms with E-state index in [1.165, 1.54) is 11.3 Å². The van der Waals surface area contributed by atoms with Gasteiger partial charge < -0.3 is 9.47 Å². The summed E-state index contributed by atoms with van der Waals surface area (Å²) in [5, 5.41) is 3.96. The van der Waals surface area contributed by atoms with Crippen LogP contribution < -0.4 is 4.74 Å². The molecular formula is C23H19ClN2O3S. The van der Waals surface area contributed by atoms with Gasteiger partial charge in [0.15, 0.2) is 0 Å². The highest BCUT2D eigenvalue weighted by Gasteiger charge is 2.14. The Labute approximate surface area is 183 Å². The van der Waals surface area contributed by atoms with Gasteiger partial charge in [-0.1, -0.05) is 41.9 Å². The van der Waals surface area contributed by atoms with Crippen molar-refractivity contribution in [3.8, 4) is 16.3 Å². The third-order valence-electron chi connectivity index (χ3n) is 4.43. The maximum absolute atomic E-state index is 12.3. The molecule has 0 amide bonds. The van der Waals surface area contributed by atoms with E-state index < -0.39 is 0 Å². The van der Waals surface area contributed by atoms with Crippen LogP contribution in [0.4, 0.5) is 0 Å². The van der Waals surface area contributed by atoms with Crippen molar-refractivity contribution in [2.75, 3.05) is 6.61 Å². The second kappa shape index (κ2) is 9.24. The molecule has 4 aromatic rings. The topological polar surface area (TPSA) is 61.3 Å². The molecule has 0 fully saturated rings. The summed E-state index contributed by atoms with van der Waals surface area (Å²) in [6, 6.07) is 17.3. The highest BCUT2D eigenvalue weighted by molar-refractivity contribution is 7.13. The van der Waals surface area contributed by atoms with Gasteiger partial charge in [0.05, 0.1) is 29.8 Å². The quantitative estimate of drug-likeness (QED) is 0.274. The molecule has 0 saturated carbocycles. The minimum atomic E-state index is -0.367. The van der Waals surface area contributed by atoms with Crippen LogP contribution in [0.5, 0.6) is 5.75 Å². The van der Waals surface area contributed by atoms with Crippen molar-refractivity contribution >= 4 is 39.8 Å². The summed E-state index contributed by atoms with van der Waals surface area (Å²) >= 11 is 7.71. The number of esters is 1. The fourth-order valence-corrected chi connectivity index (χ4v) is 4.08. The Balaban J connectivity index is 1.41. The minimum Gasteiger partial charge on any atom is -0.493 e. The molecule has 0 bridgehead atoms. The first-order valence-electron chi connectivity index (χ1n) is 9.50. The first-order valence-corrected chi connectivity index (χ1v) is 10.8. The van der Waals surface area contributed by atoms with Crippen LogP contribution >= 0.6 is 22.9 Å². The van der Waals surface area contributed by atoms with Gasteiger partial charge in [0.2, 0.25) is 0 Å². The molecule has 4 rings (SSSR count). The number of ether oxygens (including phenoxy) is 2. The zero-order valence-corrected chi connectivity index (χ0v) is 17.9. The van der Waals surface area contributed by atoms with Crippen LogP contribution in [0.3, 0.4) is 0 Å². The number of aromatic nitrogens is 2. The number of pyridine rings is 1. The number of carbonyl (C=O) groups excluding carboxylic acids is 1. The molecule has 0 radical (unpaired) electrons. The van der Waals surface area contributed by atoms with E-state index >= 15 is 0 Å². The molecule has 30 heavy (non-hydrogen) atoms. The molecule has 7 heteroatoms. The van der Waals surface area contributed by atoms with Gasteiger partial charge in [0, 0.05) is 16.3 Å². The van der Waals surface area contributed by atoms with E-state index in [-0.39, 0.29) is 19.0 Å². The van der Waals surface area contributed by atoms with Gasteiger partial charge in [-0.25, -0.2) is 9.97 Å². The Bertz CT molecular complexity index is 1190. The number of hydrogen-bond donors (Lipinski definition) is 0. The summed E-state index contributed by atoms with van der Waals surface area (Å²) in [7, 11) is 0. The molecule has 152 valence electrons. The molecule has 0 aliphatic carbocycles. The highest BCUT2D eigenvalue weighted by Crippen LogP contribution is 2.32. The lowest BCUT2D eigenvalue weighted by molar-refractivity contribution is -0.144. The maximum atomic E-state index is 12.3. The number of fused-ring (bicyclic) bond motifs is 1. The standard InChI is InChI=1S/C23H19ClN2O3S/c1-2-28-20-10-6-4-8-18(20)23-25-17(14-30-23)12-21(27)29-13-16-11-15-7-3-5-9-19(15)26-22(16)24/h3-11,14H,2,12-13H2,1H3. The van der Waals surface area contributed by atoms with Crippen molar-refractivity contribution in [2.45, 2.75) is 20.0 Å². The van der Waals surface area contributed by atoms with Crippen molar-refractivity contribution in [3.63, 3.8) is 0 Å². The molecule has 0 atom stereocenters. The first-order chi connectivity index (χ1) is 14.6. The number of benzene rings is 2. The number of nitrogens with zero attached hydrogens (tertiary/aromatic N) is 2. The Morgan fingerprint density at radius 1 is 1.10 bits per heavy atom. The van der Waals surface area contributed by atoms with E-state index in [4.69, 9.17) is 21.1 Å². The number of rotatable bonds is 7. The monoisotopic (exact) mass is 438 g/mol. The Hall–Kier alpha value is -2.96. The van der Waals surface area contributed by atoms with E-state index in [0.717, 1.165) is 27.2 Å². The van der Waals surface area contributed by atoms with Crippen LogP contribution in [0.1, 0.15) is 18.2 Å². The van der Waals surface area contributed by atoms with Crippen LogP contribution in [-0.4, -0.2) is 22.5 Å². The summed E-state index contributed by atoms with van der Waals surface area (Å²) in [4.78, 5) is 21.3.